The van der Waals surface area contributed by atoms with Crippen LogP contribution in [0.5, 0.6) is 5.75 Å². The molecule has 39 heavy (non-hydrogen) atoms. The maximum atomic E-state index is 11.3. The van der Waals surface area contributed by atoms with E-state index in [2.05, 4.69) is 0 Å². The third-order valence-corrected chi connectivity index (χ3v) is 6.96. The van der Waals surface area contributed by atoms with E-state index < -0.39 is 4.92 Å². The van der Waals surface area contributed by atoms with Gasteiger partial charge < -0.3 is 4.74 Å². The van der Waals surface area contributed by atoms with E-state index in [1.807, 2.05) is 66.7 Å². The van der Waals surface area contributed by atoms with E-state index >= 15 is 0 Å². The maximum absolute atomic E-state index is 11.3. The summed E-state index contributed by atoms with van der Waals surface area (Å²) in [7, 11) is 1.63. The highest BCUT2D eigenvalue weighted by Crippen LogP contribution is 2.38. The molecule has 192 valence electrons. The van der Waals surface area contributed by atoms with Crippen LogP contribution in [0.15, 0.2) is 102 Å². The number of hydrogen-bond donors (Lipinski definition) is 0. The Labute approximate surface area is 229 Å². The van der Waals surface area contributed by atoms with Crippen LogP contribution >= 0.6 is 11.6 Å². The summed E-state index contributed by atoms with van der Waals surface area (Å²) >= 11 is 6.35. The SMILES string of the molecule is COc1ccc(C2=NN(c3nc(-c4ccccc4)c4cc(Cl)ccc4n3)[C@H](c3ccc([N+](=O)[O-])cc3)C2)cc1. The molecule has 0 N–H and O–H groups in total. The second kappa shape index (κ2) is 10.2. The fourth-order valence-corrected chi connectivity index (χ4v) is 4.91. The van der Waals surface area contributed by atoms with E-state index in [0.29, 0.717) is 17.4 Å². The molecule has 0 bridgehead atoms. The van der Waals surface area contributed by atoms with Crippen LogP contribution in [0.2, 0.25) is 5.02 Å². The van der Waals surface area contributed by atoms with Gasteiger partial charge in [0.1, 0.15) is 5.75 Å². The predicted octanol–water partition coefficient (Wildman–Crippen LogP) is 7.22. The van der Waals surface area contributed by atoms with Crippen molar-refractivity contribution in [3.05, 3.63) is 123 Å². The molecule has 2 heterocycles. The summed E-state index contributed by atoms with van der Waals surface area (Å²) in [6.45, 7) is 0. The van der Waals surface area contributed by atoms with Crippen molar-refractivity contribution in [2.45, 2.75) is 12.5 Å². The molecule has 1 atom stereocenters. The number of halogens is 1. The molecule has 0 fully saturated rings. The molecule has 1 aromatic heterocycles. The van der Waals surface area contributed by atoms with Gasteiger partial charge in [-0.25, -0.2) is 15.0 Å². The van der Waals surface area contributed by atoms with Crippen molar-refractivity contribution >= 4 is 39.9 Å². The fraction of sp³-hybridized carbons (Fsp3) is 0.100. The van der Waals surface area contributed by atoms with Gasteiger partial charge in [-0.15, -0.1) is 0 Å². The first-order valence-electron chi connectivity index (χ1n) is 12.3. The van der Waals surface area contributed by atoms with Crippen LogP contribution in [0, 0.1) is 10.1 Å². The molecule has 8 nitrogen and oxygen atoms in total. The van der Waals surface area contributed by atoms with Crippen LogP contribution in [0.3, 0.4) is 0 Å². The second-order valence-electron chi connectivity index (χ2n) is 9.09. The third-order valence-electron chi connectivity index (χ3n) is 6.72. The Bertz CT molecular complexity index is 1710. The predicted molar refractivity (Wildman–Crippen MR) is 152 cm³/mol. The smallest absolute Gasteiger partial charge is 0.269 e. The van der Waals surface area contributed by atoms with Crippen molar-refractivity contribution in [2.24, 2.45) is 5.10 Å². The van der Waals surface area contributed by atoms with Crippen molar-refractivity contribution in [1.29, 1.82) is 0 Å². The Morgan fingerprint density at radius 1 is 0.923 bits per heavy atom. The molecule has 6 rings (SSSR count). The lowest BCUT2D eigenvalue weighted by Gasteiger charge is -2.23. The number of aromatic nitrogens is 2. The van der Waals surface area contributed by atoms with Gasteiger partial charge >= 0.3 is 0 Å². The van der Waals surface area contributed by atoms with E-state index in [1.165, 1.54) is 12.1 Å². The number of ether oxygens (including phenoxy) is 1. The first kappa shape index (κ1) is 24.5. The number of anilines is 1. The van der Waals surface area contributed by atoms with Gasteiger partial charge in [-0.05, 0) is 53.6 Å². The van der Waals surface area contributed by atoms with Gasteiger partial charge in [0.25, 0.3) is 5.69 Å². The molecule has 1 aliphatic rings. The molecule has 0 spiro atoms. The van der Waals surface area contributed by atoms with Gasteiger partial charge in [0.2, 0.25) is 5.95 Å². The van der Waals surface area contributed by atoms with Gasteiger partial charge in [0.15, 0.2) is 0 Å². The first-order valence-corrected chi connectivity index (χ1v) is 12.7. The zero-order valence-corrected chi connectivity index (χ0v) is 21.6. The molecule has 0 radical (unpaired) electrons. The second-order valence-corrected chi connectivity index (χ2v) is 9.52. The number of methoxy groups -OCH3 is 1. The minimum absolute atomic E-state index is 0.0322. The maximum Gasteiger partial charge on any atom is 0.269 e. The lowest BCUT2D eigenvalue weighted by atomic mass is 9.98. The quantitative estimate of drug-likeness (QED) is 0.168. The van der Waals surface area contributed by atoms with E-state index in [1.54, 1.807) is 30.3 Å². The zero-order valence-electron chi connectivity index (χ0n) is 20.9. The summed E-state index contributed by atoms with van der Waals surface area (Å²) in [4.78, 5) is 20.7. The average Bonchev–Trinajstić information content (AvgIpc) is 3.43. The first-order chi connectivity index (χ1) is 19.0. The minimum atomic E-state index is -0.404. The van der Waals surface area contributed by atoms with Crippen LogP contribution in [0.25, 0.3) is 22.2 Å². The van der Waals surface area contributed by atoms with Crippen LogP contribution < -0.4 is 9.75 Å². The van der Waals surface area contributed by atoms with E-state index in [9.17, 15) is 10.1 Å². The number of rotatable bonds is 6. The molecular formula is C30H22ClN5O3. The van der Waals surface area contributed by atoms with Crippen molar-refractivity contribution < 1.29 is 9.66 Å². The third kappa shape index (κ3) is 4.78. The summed E-state index contributed by atoms with van der Waals surface area (Å²) in [6, 6.07) is 29.4. The van der Waals surface area contributed by atoms with E-state index in [4.69, 9.17) is 31.4 Å². The van der Waals surface area contributed by atoms with Gasteiger partial charge in [-0.3, -0.25) is 10.1 Å². The minimum Gasteiger partial charge on any atom is -0.497 e. The summed E-state index contributed by atoms with van der Waals surface area (Å²) < 4.78 is 5.31. The van der Waals surface area contributed by atoms with Crippen LogP contribution in [0.1, 0.15) is 23.6 Å². The van der Waals surface area contributed by atoms with Crippen LogP contribution in [-0.2, 0) is 0 Å². The standard InChI is InChI=1S/C30H22ClN5O3/c1-39-24-14-9-19(10-15-24)27-18-28(20-7-12-23(13-8-20)36(37)38)35(34-27)30-32-26-16-11-22(31)17-25(26)29(33-30)21-5-3-2-4-6-21/h2-17,28H,18H2,1H3/t28-/m0/s1. The summed E-state index contributed by atoms with van der Waals surface area (Å²) in [6.07, 6.45) is 0.562. The Morgan fingerprint density at radius 3 is 2.36 bits per heavy atom. The molecule has 0 amide bonds. The zero-order chi connectivity index (χ0) is 26.9. The van der Waals surface area contributed by atoms with Gasteiger partial charge in [0.05, 0.1) is 35.0 Å². The van der Waals surface area contributed by atoms with Crippen molar-refractivity contribution in [1.82, 2.24) is 9.97 Å². The Kier molecular flexibility index (Phi) is 6.38. The summed E-state index contributed by atoms with van der Waals surface area (Å²) in [5, 5.41) is 19.5. The Balaban J connectivity index is 1.51. The molecule has 5 aromatic rings. The summed E-state index contributed by atoms with van der Waals surface area (Å²) in [5.41, 5.74) is 5.10. The van der Waals surface area contributed by atoms with Crippen LogP contribution in [0.4, 0.5) is 11.6 Å². The monoisotopic (exact) mass is 535 g/mol. The highest BCUT2D eigenvalue weighted by Gasteiger charge is 2.32. The lowest BCUT2D eigenvalue weighted by Crippen LogP contribution is -2.21. The largest absolute Gasteiger partial charge is 0.497 e. The lowest BCUT2D eigenvalue weighted by molar-refractivity contribution is -0.384. The highest BCUT2D eigenvalue weighted by atomic mass is 35.5. The normalized spacial score (nSPS) is 14.9. The van der Waals surface area contributed by atoms with Gasteiger partial charge in [0, 0.05) is 34.5 Å². The number of fused-ring (bicyclic) bond motifs is 1. The number of hydrogen-bond acceptors (Lipinski definition) is 7. The molecule has 9 heteroatoms. The molecule has 0 unspecified atom stereocenters. The van der Waals surface area contributed by atoms with Gasteiger partial charge in [-0.2, -0.15) is 5.10 Å². The van der Waals surface area contributed by atoms with Gasteiger partial charge in [-0.1, -0.05) is 54.1 Å². The highest BCUT2D eigenvalue weighted by molar-refractivity contribution is 6.31. The molecule has 1 aliphatic heterocycles. The average molecular weight is 536 g/mol. The number of nitrogens with zero attached hydrogens (tertiary/aromatic N) is 5. The number of nitro benzene ring substituents is 1. The topological polar surface area (TPSA) is 93.8 Å². The van der Waals surface area contributed by atoms with Crippen molar-refractivity contribution in [3.8, 4) is 17.0 Å². The number of nitro groups is 1. The van der Waals surface area contributed by atoms with Crippen molar-refractivity contribution in [3.63, 3.8) is 0 Å². The fourth-order valence-electron chi connectivity index (χ4n) is 4.74. The number of benzene rings is 4. The van der Waals surface area contributed by atoms with E-state index in [0.717, 1.165) is 44.7 Å². The Morgan fingerprint density at radius 2 is 1.67 bits per heavy atom. The van der Waals surface area contributed by atoms with Crippen molar-refractivity contribution in [2.75, 3.05) is 12.1 Å². The van der Waals surface area contributed by atoms with Crippen LogP contribution in [-0.4, -0.2) is 27.7 Å². The summed E-state index contributed by atoms with van der Waals surface area (Å²) in [5.74, 6) is 1.18. The number of non-ortho nitro benzene ring substituents is 1. The molecular weight excluding hydrogens is 514 g/mol. The van der Waals surface area contributed by atoms with E-state index in [-0.39, 0.29) is 11.7 Å². The molecule has 0 saturated carbocycles. The molecule has 0 aliphatic carbocycles. The molecule has 4 aromatic carbocycles. The molecule has 0 saturated heterocycles. The Hall–Kier alpha value is -4.82. The number of hydrazone groups is 1.